The van der Waals surface area contributed by atoms with E-state index in [4.69, 9.17) is 4.74 Å². The fourth-order valence-corrected chi connectivity index (χ4v) is 2.96. The van der Waals surface area contributed by atoms with Crippen molar-refractivity contribution in [1.82, 2.24) is 15.5 Å². The lowest BCUT2D eigenvalue weighted by Gasteiger charge is -2.32. The van der Waals surface area contributed by atoms with Crippen LogP contribution < -0.4 is 10.6 Å². The molecule has 0 radical (unpaired) electrons. The van der Waals surface area contributed by atoms with Crippen molar-refractivity contribution in [3.8, 4) is 0 Å². The molecule has 5 heteroatoms. The van der Waals surface area contributed by atoms with Gasteiger partial charge in [-0.1, -0.05) is 0 Å². The van der Waals surface area contributed by atoms with Gasteiger partial charge >= 0.3 is 0 Å². The highest BCUT2D eigenvalue weighted by atomic mass is 16.5. The maximum atomic E-state index is 11.9. The van der Waals surface area contributed by atoms with Gasteiger partial charge in [0.1, 0.15) is 0 Å². The number of carbonyl (C=O) groups excluding carboxylic acids is 1. The second-order valence-electron chi connectivity index (χ2n) is 5.67. The summed E-state index contributed by atoms with van der Waals surface area (Å²) >= 11 is 0. The number of likely N-dealkylation sites (tertiary alicyclic amines) is 1. The van der Waals surface area contributed by atoms with E-state index in [0.717, 1.165) is 52.0 Å². The zero-order valence-electron chi connectivity index (χ0n) is 12.0. The molecule has 0 aliphatic carbocycles. The summed E-state index contributed by atoms with van der Waals surface area (Å²) in [5.41, 5.74) is 0. The van der Waals surface area contributed by atoms with Gasteiger partial charge in [0.25, 0.3) is 0 Å². The van der Waals surface area contributed by atoms with Gasteiger partial charge in [0.2, 0.25) is 5.91 Å². The summed E-state index contributed by atoms with van der Waals surface area (Å²) in [5, 5.41) is 6.56. The molecule has 0 saturated carbocycles. The number of nitrogens with one attached hydrogen (secondary N) is 2. The molecule has 2 N–H and O–H groups in total. The third-order valence-electron chi connectivity index (χ3n) is 4.16. The number of piperidine rings is 1. The maximum Gasteiger partial charge on any atom is 0.221 e. The van der Waals surface area contributed by atoms with Gasteiger partial charge in [-0.15, -0.1) is 0 Å². The molecular formula is C14H27N3O2. The lowest BCUT2D eigenvalue weighted by atomic mass is 10.0. The molecule has 110 valence electrons. The predicted molar refractivity (Wildman–Crippen MR) is 75.1 cm³/mol. The highest BCUT2D eigenvalue weighted by molar-refractivity contribution is 5.76. The van der Waals surface area contributed by atoms with Crippen LogP contribution in [0.5, 0.6) is 0 Å². The normalized spacial score (nSPS) is 25.6. The monoisotopic (exact) mass is 269 g/mol. The minimum absolute atomic E-state index is 0.217. The lowest BCUT2D eigenvalue weighted by Crippen LogP contribution is -2.46. The molecule has 1 atom stereocenters. The number of methoxy groups -OCH3 is 1. The van der Waals surface area contributed by atoms with Crippen molar-refractivity contribution in [3.05, 3.63) is 0 Å². The molecule has 2 saturated heterocycles. The van der Waals surface area contributed by atoms with Crippen LogP contribution in [0.25, 0.3) is 0 Å². The van der Waals surface area contributed by atoms with Crippen LogP contribution in [-0.2, 0) is 9.53 Å². The Labute approximate surface area is 116 Å². The lowest BCUT2D eigenvalue weighted by molar-refractivity contribution is -0.122. The molecule has 2 rings (SSSR count). The molecule has 0 aromatic carbocycles. The van der Waals surface area contributed by atoms with Gasteiger partial charge < -0.3 is 20.3 Å². The zero-order valence-corrected chi connectivity index (χ0v) is 12.0. The van der Waals surface area contributed by atoms with Crippen molar-refractivity contribution in [2.75, 3.05) is 39.9 Å². The fraction of sp³-hybridized carbons (Fsp3) is 0.929. The maximum absolute atomic E-state index is 11.9. The van der Waals surface area contributed by atoms with Crippen LogP contribution in [0, 0.1) is 0 Å². The largest absolute Gasteiger partial charge is 0.383 e. The third-order valence-corrected chi connectivity index (χ3v) is 4.16. The van der Waals surface area contributed by atoms with Crippen molar-refractivity contribution in [3.63, 3.8) is 0 Å². The van der Waals surface area contributed by atoms with E-state index in [2.05, 4.69) is 15.5 Å². The van der Waals surface area contributed by atoms with Crippen molar-refractivity contribution in [2.45, 2.75) is 44.2 Å². The van der Waals surface area contributed by atoms with Gasteiger partial charge in [-0.05, 0) is 32.2 Å². The Morgan fingerprint density at radius 3 is 2.79 bits per heavy atom. The summed E-state index contributed by atoms with van der Waals surface area (Å²) in [6, 6.07) is 0.773. The predicted octanol–water partition coefficient (Wildman–Crippen LogP) is 0.356. The van der Waals surface area contributed by atoms with Crippen molar-refractivity contribution in [1.29, 1.82) is 0 Å². The second kappa shape index (κ2) is 7.82. The van der Waals surface area contributed by atoms with Crippen LogP contribution in [0.1, 0.15) is 32.1 Å². The standard InChI is InChI=1S/C14H27N3O2/c1-19-10-9-17-7-4-12(5-8-17)16-14(18)11-13-3-2-6-15-13/h12-13,15H,2-11H2,1H3,(H,16,18). The summed E-state index contributed by atoms with van der Waals surface area (Å²) in [4.78, 5) is 14.3. The first-order valence-corrected chi connectivity index (χ1v) is 7.52. The van der Waals surface area contributed by atoms with E-state index in [1.165, 1.54) is 6.42 Å². The van der Waals surface area contributed by atoms with Crippen molar-refractivity contribution in [2.24, 2.45) is 0 Å². The molecule has 2 aliphatic heterocycles. The minimum Gasteiger partial charge on any atom is -0.383 e. The van der Waals surface area contributed by atoms with Crippen molar-refractivity contribution < 1.29 is 9.53 Å². The molecule has 0 aromatic heterocycles. The molecule has 0 spiro atoms. The first-order chi connectivity index (χ1) is 9.28. The summed E-state index contributed by atoms with van der Waals surface area (Å²) in [6.45, 7) is 5.00. The van der Waals surface area contributed by atoms with Gasteiger partial charge in [0.05, 0.1) is 6.61 Å². The first-order valence-electron chi connectivity index (χ1n) is 7.52. The Bertz CT molecular complexity index is 272. The molecule has 1 unspecified atom stereocenters. The summed E-state index contributed by atoms with van der Waals surface area (Å²) < 4.78 is 5.09. The molecule has 2 heterocycles. The average Bonchev–Trinajstić information content (AvgIpc) is 2.90. The van der Waals surface area contributed by atoms with E-state index < -0.39 is 0 Å². The van der Waals surface area contributed by atoms with E-state index in [0.29, 0.717) is 18.5 Å². The Balaban J connectivity index is 1.60. The Kier molecular flexibility index (Phi) is 6.07. The number of amides is 1. The molecule has 2 aliphatic rings. The number of hydrogen-bond acceptors (Lipinski definition) is 4. The SMILES string of the molecule is COCCN1CCC(NC(=O)CC2CCCN2)CC1. The van der Waals surface area contributed by atoms with Gasteiger partial charge in [-0.3, -0.25) is 4.79 Å². The van der Waals surface area contributed by atoms with Gasteiger partial charge in [0, 0.05) is 45.2 Å². The highest BCUT2D eigenvalue weighted by Crippen LogP contribution is 2.12. The molecule has 5 nitrogen and oxygen atoms in total. The molecular weight excluding hydrogens is 242 g/mol. The van der Waals surface area contributed by atoms with Crippen LogP contribution in [-0.4, -0.2) is 62.8 Å². The molecule has 2 fully saturated rings. The highest BCUT2D eigenvalue weighted by Gasteiger charge is 2.22. The third kappa shape index (κ3) is 5.09. The van der Waals surface area contributed by atoms with Gasteiger partial charge in [0.15, 0.2) is 0 Å². The first kappa shape index (κ1) is 14.8. The average molecular weight is 269 g/mol. The van der Waals surface area contributed by atoms with Crippen LogP contribution in [0.4, 0.5) is 0 Å². The number of carbonyl (C=O) groups is 1. The Morgan fingerprint density at radius 2 is 2.16 bits per heavy atom. The number of hydrogen-bond donors (Lipinski definition) is 2. The molecule has 1 amide bonds. The Hall–Kier alpha value is -0.650. The quantitative estimate of drug-likeness (QED) is 0.731. The van der Waals surface area contributed by atoms with Crippen LogP contribution >= 0.6 is 0 Å². The van der Waals surface area contributed by atoms with E-state index in [9.17, 15) is 4.79 Å². The second-order valence-corrected chi connectivity index (χ2v) is 5.67. The van der Waals surface area contributed by atoms with E-state index >= 15 is 0 Å². The van der Waals surface area contributed by atoms with Gasteiger partial charge in [-0.2, -0.15) is 0 Å². The van der Waals surface area contributed by atoms with Crippen LogP contribution in [0.2, 0.25) is 0 Å². The summed E-state index contributed by atoms with van der Waals surface area (Å²) in [6.07, 6.45) is 5.11. The smallest absolute Gasteiger partial charge is 0.221 e. The number of ether oxygens (including phenoxy) is 1. The topological polar surface area (TPSA) is 53.6 Å². The molecule has 0 aromatic rings. The minimum atomic E-state index is 0.217. The van der Waals surface area contributed by atoms with E-state index in [1.54, 1.807) is 7.11 Å². The van der Waals surface area contributed by atoms with E-state index in [1.807, 2.05) is 0 Å². The summed E-state index contributed by atoms with van der Waals surface area (Å²) in [5.74, 6) is 0.217. The van der Waals surface area contributed by atoms with Crippen molar-refractivity contribution >= 4 is 5.91 Å². The van der Waals surface area contributed by atoms with E-state index in [-0.39, 0.29) is 5.91 Å². The zero-order chi connectivity index (χ0) is 13.5. The Morgan fingerprint density at radius 1 is 1.37 bits per heavy atom. The fourth-order valence-electron chi connectivity index (χ4n) is 2.96. The number of nitrogens with zero attached hydrogens (tertiary/aromatic N) is 1. The molecule has 19 heavy (non-hydrogen) atoms. The number of rotatable bonds is 6. The van der Waals surface area contributed by atoms with Crippen LogP contribution in [0.3, 0.4) is 0 Å². The summed E-state index contributed by atoms with van der Waals surface area (Å²) in [7, 11) is 1.74. The molecule has 0 bridgehead atoms. The van der Waals surface area contributed by atoms with Gasteiger partial charge in [-0.25, -0.2) is 0 Å². The van der Waals surface area contributed by atoms with Crippen LogP contribution in [0.15, 0.2) is 0 Å².